The Labute approximate surface area is 99.1 Å². The molecule has 1 heterocycles. The van der Waals surface area contributed by atoms with E-state index >= 15 is 0 Å². The van der Waals surface area contributed by atoms with Crippen LogP contribution in [-0.4, -0.2) is 22.8 Å². The first kappa shape index (κ1) is 11.3. The topological polar surface area (TPSA) is 51.5 Å². The first-order valence-electron chi connectivity index (χ1n) is 5.23. The Morgan fingerprint density at radius 2 is 2.06 bits per heavy atom. The molecule has 0 bridgehead atoms. The lowest BCUT2D eigenvalue weighted by molar-refractivity contribution is -0.139. The van der Waals surface area contributed by atoms with Crippen molar-refractivity contribution in [1.29, 1.82) is 0 Å². The van der Waals surface area contributed by atoms with E-state index in [4.69, 9.17) is 0 Å². The molecule has 0 aliphatic heterocycles. The number of aromatic hydroxyl groups is 1. The number of rotatable bonds is 3. The summed E-state index contributed by atoms with van der Waals surface area (Å²) in [5.74, 6) is -0.180. The van der Waals surface area contributed by atoms with Gasteiger partial charge in [-0.15, -0.1) is 0 Å². The number of benzene rings is 1. The predicted octanol–water partition coefficient (Wildman–Crippen LogP) is 1.90. The summed E-state index contributed by atoms with van der Waals surface area (Å²) in [6.45, 7) is 0. The fraction of sp³-hybridized carbons (Fsp3) is 0.154. The maximum atomic E-state index is 11.1. The van der Waals surface area contributed by atoms with E-state index in [9.17, 15) is 9.90 Å². The minimum absolute atomic E-state index is 0.141. The van der Waals surface area contributed by atoms with Crippen molar-refractivity contribution in [3.05, 3.63) is 48.3 Å². The second-order valence-corrected chi connectivity index (χ2v) is 3.67. The molecule has 0 unspecified atom stereocenters. The van der Waals surface area contributed by atoms with Crippen molar-refractivity contribution >= 4 is 5.97 Å². The van der Waals surface area contributed by atoms with E-state index in [0.717, 1.165) is 5.56 Å². The molecule has 0 radical (unpaired) electrons. The fourth-order valence-corrected chi connectivity index (χ4v) is 1.63. The summed E-state index contributed by atoms with van der Waals surface area (Å²) in [6.07, 6.45) is 3.85. The van der Waals surface area contributed by atoms with E-state index < -0.39 is 0 Å². The van der Waals surface area contributed by atoms with Gasteiger partial charge < -0.3 is 14.4 Å². The lowest BCUT2D eigenvalue weighted by Crippen LogP contribution is -2.04. The summed E-state index contributed by atoms with van der Waals surface area (Å²) in [7, 11) is 1.34. The van der Waals surface area contributed by atoms with Crippen LogP contribution in [0.25, 0.3) is 5.69 Å². The molecule has 1 N–H and O–H groups in total. The smallest absolute Gasteiger partial charge is 0.309 e. The molecule has 0 saturated heterocycles. The molecule has 2 aromatic rings. The van der Waals surface area contributed by atoms with Crippen LogP contribution < -0.4 is 0 Å². The predicted molar refractivity (Wildman–Crippen MR) is 63.2 cm³/mol. The summed E-state index contributed by atoms with van der Waals surface area (Å²) in [4.78, 5) is 11.1. The molecule has 1 aromatic heterocycles. The van der Waals surface area contributed by atoms with Crippen molar-refractivity contribution in [2.45, 2.75) is 6.42 Å². The Kier molecular flexibility index (Phi) is 3.14. The van der Waals surface area contributed by atoms with Crippen molar-refractivity contribution in [2.75, 3.05) is 7.11 Å². The number of ether oxygens (including phenoxy) is 1. The maximum absolute atomic E-state index is 11.1. The zero-order chi connectivity index (χ0) is 12.3. The van der Waals surface area contributed by atoms with Gasteiger partial charge in [0.1, 0.15) is 5.75 Å². The summed E-state index contributed by atoms with van der Waals surface area (Å²) >= 11 is 0. The van der Waals surface area contributed by atoms with Gasteiger partial charge in [0.2, 0.25) is 0 Å². The second kappa shape index (κ2) is 4.74. The Morgan fingerprint density at radius 3 is 2.65 bits per heavy atom. The van der Waals surface area contributed by atoms with Crippen LogP contribution in [0.5, 0.6) is 5.75 Å². The Balaban J connectivity index is 2.26. The second-order valence-electron chi connectivity index (χ2n) is 3.67. The van der Waals surface area contributed by atoms with Gasteiger partial charge >= 0.3 is 5.97 Å². The van der Waals surface area contributed by atoms with E-state index in [-0.39, 0.29) is 18.1 Å². The molecular formula is C13H13NO3. The largest absolute Gasteiger partial charge is 0.506 e. The van der Waals surface area contributed by atoms with Crippen molar-refractivity contribution in [3.8, 4) is 11.4 Å². The molecular weight excluding hydrogens is 218 g/mol. The molecule has 4 heteroatoms. The van der Waals surface area contributed by atoms with Crippen LogP contribution in [0.4, 0.5) is 0 Å². The highest BCUT2D eigenvalue weighted by Gasteiger charge is 2.07. The third-order valence-electron chi connectivity index (χ3n) is 2.50. The minimum atomic E-state index is -0.321. The average Bonchev–Trinajstić information content (AvgIpc) is 2.82. The Morgan fingerprint density at radius 1 is 1.35 bits per heavy atom. The zero-order valence-corrected chi connectivity index (χ0v) is 9.46. The number of aromatic nitrogens is 1. The molecule has 17 heavy (non-hydrogen) atoms. The van der Waals surface area contributed by atoms with E-state index in [2.05, 4.69) is 4.74 Å². The van der Waals surface area contributed by atoms with Gasteiger partial charge in [-0.2, -0.15) is 0 Å². The van der Waals surface area contributed by atoms with Gasteiger partial charge in [0.15, 0.2) is 0 Å². The fourth-order valence-electron chi connectivity index (χ4n) is 1.63. The van der Waals surface area contributed by atoms with Crippen molar-refractivity contribution in [1.82, 2.24) is 4.57 Å². The monoisotopic (exact) mass is 231 g/mol. The first-order valence-corrected chi connectivity index (χ1v) is 5.23. The van der Waals surface area contributed by atoms with Crippen LogP contribution in [0.3, 0.4) is 0 Å². The molecule has 0 aliphatic carbocycles. The van der Waals surface area contributed by atoms with Crippen LogP contribution in [-0.2, 0) is 16.0 Å². The quantitative estimate of drug-likeness (QED) is 0.821. The van der Waals surface area contributed by atoms with Crippen molar-refractivity contribution in [2.24, 2.45) is 0 Å². The van der Waals surface area contributed by atoms with E-state index in [0.29, 0.717) is 5.69 Å². The van der Waals surface area contributed by atoms with E-state index in [1.54, 1.807) is 22.8 Å². The highest BCUT2D eigenvalue weighted by atomic mass is 16.5. The zero-order valence-electron chi connectivity index (χ0n) is 9.46. The highest BCUT2D eigenvalue weighted by molar-refractivity contribution is 5.72. The summed E-state index contributed by atoms with van der Waals surface area (Å²) in [5.41, 5.74) is 1.41. The molecule has 1 aromatic carbocycles. The van der Waals surface area contributed by atoms with Gasteiger partial charge in [0.25, 0.3) is 0 Å². The Hall–Kier alpha value is -2.23. The van der Waals surface area contributed by atoms with Crippen LogP contribution in [0.1, 0.15) is 5.56 Å². The molecule has 0 aliphatic rings. The first-order chi connectivity index (χ1) is 8.20. The van der Waals surface area contributed by atoms with Crippen LogP contribution in [0.2, 0.25) is 0 Å². The minimum Gasteiger partial charge on any atom is -0.506 e. The molecule has 0 saturated carbocycles. The molecule has 0 amide bonds. The van der Waals surface area contributed by atoms with Crippen LogP contribution in [0, 0.1) is 0 Å². The normalized spacial score (nSPS) is 10.2. The van der Waals surface area contributed by atoms with Gasteiger partial charge in [0.05, 0.1) is 19.2 Å². The molecule has 2 rings (SSSR count). The summed E-state index contributed by atoms with van der Waals surface area (Å²) < 4.78 is 6.37. The maximum Gasteiger partial charge on any atom is 0.309 e. The van der Waals surface area contributed by atoms with Crippen molar-refractivity contribution < 1.29 is 14.6 Å². The molecule has 0 spiro atoms. The number of hydrogen-bond donors (Lipinski definition) is 1. The number of phenolic OH excluding ortho intramolecular Hbond substituents is 1. The Bertz CT molecular complexity index is 517. The summed E-state index contributed by atoms with van der Waals surface area (Å²) in [6, 6.07) is 8.90. The third kappa shape index (κ3) is 2.47. The average molecular weight is 231 g/mol. The number of esters is 1. The molecule has 88 valence electrons. The van der Waals surface area contributed by atoms with E-state index in [1.165, 1.54) is 7.11 Å². The van der Waals surface area contributed by atoms with E-state index in [1.807, 2.05) is 24.5 Å². The van der Waals surface area contributed by atoms with Gasteiger partial charge in [-0.3, -0.25) is 4.79 Å². The van der Waals surface area contributed by atoms with Gasteiger partial charge in [-0.1, -0.05) is 6.07 Å². The lowest BCUT2D eigenvalue weighted by Gasteiger charge is -2.07. The van der Waals surface area contributed by atoms with Crippen molar-refractivity contribution in [3.63, 3.8) is 0 Å². The van der Waals surface area contributed by atoms with Crippen LogP contribution in [0.15, 0.2) is 42.7 Å². The van der Waals surface area contributed by atoms with Gasteiger partial charge in [0, 0.05) is 12.4 Å². The number of carbonyl (C=O) groups excluding carboxylic acids is 1. The number of nitrogens with zero attached hydrogens (tertiary/aromatic N) is 1. The summed E-state index contributed by atoms with van der Waals surface area (Å²) in [5, 5.41) is 9.88. The molecule has 0 fully saturated rings. The highest BCUT2D eigenvalue weighted by Crippen LogP contribution is 2.23. The lowest BCUT2D eigenvalue weighted by atomic mass is 10.1. The number of carbonyl (C=O) groups is 1. The molecule has 0 atom stereocenters. The number of methoxy groups -OCH3 is 1. The van der Waals surface area contributed by atoms with Gasteiger partial charge in [-0.05, 0) is 29.8 Å². The third-order valence-corrected chi connectivity index (χ3v) is 2.50. The number of hydrogen-bond acceptors (Lipinski definition) is 3. The molecule has 4 nitrogen and oxygen atoms in total. The van der Waals surface area contributed by atoms with Crippen LogP contribution >= 0.6 is 0 Å². The van der Waals surface area contributed by atoms with Gasteiger partial charge in [-0.25, -0.2) is 0 Å². The standard InChI is InChI=1S/C13H13NO3/c1-17-13(16)9-10-4-5-11(12(15)8-10)14-6-2-3-7-14/h2-8,15H,9H2,1H3. The number of phenols is 1. The SMILES string of the molecule is COC(=O)Cc1ccc(-n2cccc2)c(O)c1.